The van der Waals surface area contributed by atoms with Crippen LogP contribution in [0.15, 0.2) is 30.3 Å². The van der Waals surface area contributed by atoms with E-state index >= 15 is 0 Å². The third-order valence-electron chi connectivity index (χ3n) is 4.76. The number of piperazine rings is 1. The highest BCUT2D eigenvalue weighted by Crippen LogP contribution is 2.16. The van der Waals surface area contributed by atoms with Crippen molar-refractivity contribution in [2.75, 3.05) is 46.3 Å². The zero-order chi connectivity index (χ0) is 22.1. The quantitative estimate of drug-likeness (QED) is 0.484. The third-order valence-corrected chi connectivity index (χ3v) is 4.76. The molecule has 1 aliphatic heterocycles. The number of hydrogen-bond donors (Lipinski definition) is 2. The summed E-state index contributed by atoms with van der Waals surface area (Å²) in [6.45, 7) is 11.1. The first-order valence-corrected chi connectivity index (χ1v) is 10.4. The number of hydrazine groups is 1. The van der Waals surface area contributed by atoms with E-state index in [1.165, 1.54) is 0 Å². The lowest BCUT2D eigenvalue weighted by atomic mass is 10.2. The van der Waals surface area contributed by atoms with Crippen LogP contribution >= 0.6 is 0 Å². The van der Waals surface area contributed by atoms with Crippen LogP contribution in [0.2, 0.25) is 0 Å². The summed E-state index contributed by atoms with van der Waals surface area (Å²) in [5.74, 6) is -0.356. The Hall–Kier alpha value is -2.20. The molecule has 1 fully saturated rings. The zero-order valence-electron chi connectivity index (χ0n) is 18.7. The van der Waals surface area contributed by atoms with Gasteiger partial charge in [0.1, 0.15) is 5.60 Å². The molecule has 2 N–H and O–H groups in total. The first-order valence-electron chi connectivity index (χ1n) is 10.4. The van der Waals surface area contributed by atoms with Crippen molar-refractivity contribution in [1.82, 2.24) is 25.7 Å². The van der Waals surface area contributed by atoms with Crippen molar-refractivity contribution >= 4 is 12.1 Å². The summed E-state index contributed by atoms with van der Waals surface area (Å²) < 4.78 is 5.60. The topological polar surface area (TPSA) is 86.4 Å². The molecule has 0 spiro atoms. The summed E-state index contributed by atoms with van der Waals surface area (Å²) in [5, 5.41) is 1.68. The van der Waals surface area contributed by atoms with Crippen LogP contribution in [0.5, 0.6) is 0 Å². The Kier molecular flexibility index (Phi) is 9.04. The number of nitrogens with one attached hydrogen (secondary N) is 2. The van der Waals surface area contributed by atoms with Crippen LogP contribution in [0.3, 0.4) is 0 Å². The van der Waals surface area contributed by atoms with E-state index in [2.05, 4.69) is 15.8 Å². The SMILES string of the molecule is CNNCCN(C(=O)OC(C)(C)C)C(C)N1CCN(OC(=O)c2ccccc2)CC1. The fourth-order valence-corrected chi connectivity index (χ4v) is 3.16. The van der Waals surface area contributed by atoms with Gasteiger partial charge in [0, 0.05) is 39.3 Å². The van der Waals surface area contributed by atoms with E-state index in [1.807, 2.05) is 45.9 Å². The minimum atomic E-state index is -0.560. The van der Waals surface area contributed by atoms with Crippen LogP contribution in [0.4, 0.5) is 4.79 Å². The molecule has 0 bridgehead atoms. The maximum Gasteiger partial charge on any atom is 0.411 e. The average Bonchev–Trinajstić information content (AvgIpc) is 2.70. The van der Waals surface area contributed by atoms with Gasteiger partial charge in [0.05, 0.1) is 11.7 Å². The summed E-state index contributed by atoms with van der Waals surface area (Å²) in [6.07, 6.45) is -0.490. The Morgan fingerprint density at radius 1 is 1.13 bits per heavy atom. The van der Waals surface area contributed by atoms with Crippen molar-refractivity contribution < 1.29 is 19.2 Å². The second kappa shape index (κ2) is 11.3. The molecular weight excluding hydrogens is 386 g/mol. The van der Waals surface area contributed by atoms with Gasteiger partial charge in [-0.2, -0.15) is 0 Å². The summed E-state index contributed by atoms with van der Waals surface area (Å²) in [4.78, 5) is 34.4. The van der Waals surface area contributed by atoms with Crippen LogP contribution in [0, 0.1) is 0 Å². The standard InChI is InChI=1S/C21H35N5O4/c1-17(26(12-11-23-22-5)20(28)29-21(2,3)4)24-13-15-25(16-14-24)30-19(27)18-9-7-6-8-10-18/h6-10,17,22-23H,11-16H2,1-5H3. The lowest BCUT2D eigenvalue weighted by Crippen LogP contribution is -2.57. The Labute approximate surface area is 179 Å². The molecule has 0 radical (unpaired) electrons. The maximum atomic E-state index is 12.8. The van der Waals surface area contributed by atoms with Gasteiger partial charge in [-0.15, -0.1) is 5.06 Å². The number of hydrogen-bond acceptors (Lipinski definition) is 8. The van der Waals surface area contributed by atoms with Gasteiger partial charge in [0.25, 0.3) is 0 Å². The molecule has 0 aliphatic carbocycles. The maximum absolute atomic E-state index is 12.8. The van der Waals surface area contributed by atoms with Gasteiger partial charge in [-0.1, -0.05) is 18.2 Å². The number of carbonyl (C=O) groups excluding carboxylic acids is 2. The number of carbonyl (C=O) groups is 2. The summed E-state index contributed by atoms with van der Waals surface area (Å²) >= 11 is 0. The highest BCUT2D eigenvalue weighted by Gasteiger charge is 2.31. The molecule has 1 saturated heterocycles. The Morgan fingerprint density at radius 3 is 2.33 bits per heavy atom. The summed E-state index contributed by atoms with van der Waals surface area (Å²) in [7, 11) is 1.79. The van der Waals surface area contributed by atoms with Gasteiger partial charge in [-0.3, -0.25) is 20.7 Å². The van der Waals surface area contributed by atoms with Crippen LogP contribution < -0.4 is 10.9 Å². The van der Waals surface area contributed by atoms with Crippen molar-refractivity contribution in [3.05, 3.63) is 35.9 Å². The van der Waals surface area contributed by atoms with E-state index in [0.29, 0.717) is 44.8 Å². The van der Waals surface area contributed by atoms with E-state index in [0.717, 1.165) is 0 Å². The molecule has 9 heteroatoms. The highest BCUT2D eigenvalue weighted by atomic mass is 16.7. The molecule has 1 aliphatic rings. The molecule has 30 heavy (non-hydrogen) atoms. The molecule has 1 amide bonds. The minimum Gasteiger partial charge on any atom is -0.444 e. The van der Waals surface area contributed by atoms with Crippen LogP contribution in [-0.4, -0.2) is 85.0 Å². The molecular formula is C21H35N5O4. The number of hydroxylamine groups is 2. The molecule has 1 unspecified atom stereocenters. The molecule has 0 saturated carbocycles. The number of nitrogens with zero attached hydrogens (tertiary/aromatic N) is 3. The Morgan fingerprint density at radius 2 is 1.77 bits per heavy atom. The Bertz CT molecular complexity index is 672. The van der Waals surface area contributed by atoms with E-state index in [4.69, 9.17) is 9.57 Å². The van der Waals surface area contributed by atoms with Crippen LogP contribution in [-0.2, 0) is 9.57 Å². The number of benzene rings is 1. The normalized spacial score (nSPS) is 16.7. The molecule has 1 atom stereocenters. The molecule has 1 aromatic carbocycles. The van der Waals surface area contributed by atoms with E-state index in [9.17, 15) is 9.59 Å². The molecule has 0 aromatic heterocycles. The average molecular weight is 422 g/mol. The largest absolute Gasteiger partial charge is 0.444 e. The fraction of sp³-hybridized carbons (Fsp3) is 0.619. The fourth-order valence-electron chi connectivity index (χ4n) is 3.16. The molecule has 1 heterocycles. The monoisotopic (exact) mass is 421 g/mol. The van der Waals surface area contributed by atoms with Crippen molar-refractivity contribution in [2.24, 2.45) is 0 Å². The van der Waals surface area contributed by atoms with Crippen LogP contribution in [0.25, 0.3) is 0 Å². The van der Waals surface area contributed by atoms with Crippen molar-refractivity contribution in [3.8, 4) is 0 Å². The molecule has 168 valence electrons. The second-order valence-corrected chi connectivity index (χ2v) is 8.19. The lowest BCUT2D eigenvalue weighted by Gasteiger charge is -2.41. The van der Waals surface area contributed by atoms with Gasteiger partial charge in [-0.05, 0) is 46.9 Å². The van der Waals surface area contributed by atoms with Crippen molar-refractivity contribution in [2.45, 2.75) is 39.5 Å². The molecule has 2 rings (SSSR count). The van der Waals surface area contributed by atoms with Crippen LogP contribution in [0.1, 0.15) is 38.1 Å². The molecule has 1 aromatic rings. The number of amides is 1. The van der Waals surface area contributed by atoms with Gasteiger partial charge < -0.3 is 9.57 Å². The Balaban J connectivity index is 1.91. The first kappa shape index (κ1) is 24.1. The predicted octanol–water partition coefficient (Wildman–Crippen LogP) is 1.68. The predicted molar refractivity (Wildman–Crippen MR) is 114 cm³/mol. The van der Waals surface area contributed by atoms with E-state index < -0.39 is 5.60 Å². The van der Waals surface area contributed by atoms with Gasteiger partial charge in [0.2, 0.25) is 0 Å². The highest BCUT2D eigenvalue weighted by molar-refractivity contribution is 5.89. The number of ether oxygens (including phenoxy) is 1. The second-order valence-electron chi connectivity index (χ2n) is 8.19. The van der Waals surface area contributed by atoms with Gasteiger partial charge in [-0.25, -0.2) is 9.59 Å². The summed E-state index contributed by atoms with van der Waals surface area (Å²) in [6, 6.07) is 8.95. The lowest BCUT2D eigenvalue weighted by molar-refractivity contribution is -0.139. The van der Waals surface area contributed by atoms with Gasteiger partial charge in [0.15, 0.2) is 0 Å². The van der Waals surface area contributed by atoms with E-state index in [-0.39, 0.29) is 18.2 Å². The third kappa shape index (κ3) is 7.56. The van der Waals surface area contributed by atoms with Gasteiger partial charge >= 0.3 is 12.1 Å². The molecule has 9 nitrogen and oxygen atoms in total. The summed E-state index contributed by atoms with van der Waals surface area (Å²) in [5.41, 5.74) is 5.85. The minimum absolute atomic E-state index is 0.148. The smallest absolute Gasteiger partial charge is 0.411 e. The first-order chi connectivity index (χ1) is 14.2. The van der Waals surface area contributed by atoms with Crippen molar-refractivity contribution in [3.63, 3.8) is 0 Å². The van der Waals surface area contributed by atoms with Crippen molar-refractivity contribution in [1.29, 1.82) is 0 Å². The van der Waals surface area contributed by atoms with E-state index in [1.54, 1.807) is 29.1 Å². The zero-order valence-corrected chi connectivity index (χ0v) is 18.7. The number of rotatable bonds is 8.